The summed E-state index contributed by atoms with van der Waals surface area (Å²) >= 11 is 0. The van der Waals surface area contributed by atoms with Crippen LogP contribution in [0.1, 0.15) is 19.3 Å². The minimum atomic E-state index is -0.342. The van der Waals surface area contributed by atoms with Crippen LogP contribution in [-0.2, 0) is 4.79 Å². The van der Waals surface area contributed by atoms with Gasteiger partial charge in [0.1, 0.15) is 11.6 Å². The fraction of sp³-hybridized carbons (Fsp3) is 0.500. The summed E-state index contributed by atoms with van der Waals surface area (Å²) in [6.45, 7) is 2.59. The highest BCUT2D eigenvalue weighted by atomic mass is 35.5. The van der Waals surface area contributed by atoms with Gasteiger partial charge in [-0.05, 0) is 38.1 Å². The maximum absolute atomic E-state index is 13.2. The summed E-state index contributed by atoms with van der Waals surface area (Å²) in [7, 11) is 0. The first-order chi connectivity index (χ1) is 9.24. The molecule has 0 radical (unpaired) electrons. The Bertz CT molecular complexity index is 492. The van der Waals surface area contributed by atoms with Crippen LogP contribution in [0.15, 0.2) is 18.2 Å². The van der Waals surface area contributed by atoms with Crippen molar-refractivity contribution in [1.82, 2.24) is 4.90 Å². The summed E-state index contributed by atoms with van der Waals surface area (Å²) in [5.41, 5.74) is 0.670. The SMILES string of the molecule is Cl.O=C1COc2cc(F)ccc2N1CN1CCCCC1. The minimum absolute atomic E-state index is 0. The average molecular weight is 301 g/mol. The number of benzene rings is 1. The van der Waals surface area contributed by atoms with E-state index in [9.17, 15) is 9.18 Å². The predicted molar refractivity (Wildman–Crippen MR) is 76.9 cm³/mol. The number of likely N-dealkylation sites (tertiary alicyclic amines) is 1. The van der Waals surface area contributed by atoms with Crippen molar-refractivity contribution in [2.45, 2.75) is 19.3 Å². The zero-order valence-corrected chi connectivity index (χ0v) is 12.0. The molecule has 2 heterocycles. The van der Waals surface area contributed by atoms with Crippen molar-refractivity contribution in [3.63, 3.8) is 0 Å². The van der Waals surface area contributed by atoms with E-state index in [1.165, 1.54) is 31.4 Å². The standard InChI is InChI=1S/C14H17FN2O2.ClH/c15-11-4-5-12-13(8-11)19-9-14(18)17(12)10-16-6-2-1-3-7-16;/h4-5,8H,1-3,6-7,9-10H2;1H. The molecule has 0 aromatic heterocycles. The van der Waals surface area contributed by atoms with Crippen molar-refractivity contribution in [2.24, 2.45) is 0 Å². The van der Waals surface area contributed by atoms with E-state index in [0.29, 0.717) is 18.1 Å². The first kappa shape index (κ1) is 15.1. The van der Waals surface area contributed by atoms with Gasteiger partial charge in [-0.2, -0.15) is 0 Å². The Hall–Kier alpha value is -1.33. The topological polar surface area (TPSA) is 32.8 Å². The molecule has 2 aliphatic rings. The first-order valence-electron chi connectivity index (χ1n) is 6.69. The van der Waals surface area contributed by atoms with Gasteiger partial charge in [0, 0.05) is 6.07 Å². The lowest BCUT2D eigenvalue weighted by Gasteiger charge is -2.35. The van der Waals surface area contributed by atoms with Crippen molar-refractivity contribution in [3.05, 3.63) is 24.0 Å². The lowest BCUT2D eigenvalue weighted by atomic mass is 10.1. The summed E-state index contributed by atoms with van der Waals surface area (Å²) in [4.78, 5) is 16.0. The maximum atomic E-state index is 13.2. The van der Waals surface area contributed by atoms with E-state index in [1.54, 1.807) is 11.0 Å². The van der Waals surface area contributed by atoms with Crippen LogP contribution in [-0.4, -0.2) is 37.2 Å². The van der Waals surface area contributed by atoms with Crippen molar-refractivity contribution >= 4 is 24.0 Å². The molecule has 0 spiro atoms. The van der Waals surface area contributed by atoms with Gasteiger partial charge in [0.25, 0.3) is 5.91 Å². The quantitative estimate of drug-likeness (QED) is 0.841. The number of hydrogen-bond donors (Lipinski definition) is 0. The molecule has 0 aliphatic carbocycles. The van der Waals surface area contributed by atoms with E-state index in [2.05, 4.69) is 4.90 Å². The largest absolute Gasteiger partial charge is 0.481 e. The summed E-state index contributed by atoms with van der Waals surface area (Å²) in [6, 6.07) is 4.32. The molecule has 1 aromatic rings. The Morgan fingerprint density at radius 1 is 1.20 bits per heavy atom. The zero-order chi connectivity index (χ0) is 13.2. The number of rotatable bonds is 2. The molecule has 1 aromatic carbocycles. The molecule has 0 bridgehead atoms. The highest BCUT2D eigenvalue weighted by Crippen LogP contribution is 2.32. The van der Waals surface area contributed by atoms with Gasteiger partial charge in [-0.1, -0.05) is 6.42 Å². The van der Waals surface area contributed by atoms with E-state index in [1.807, 2.05) is 0 Å². The lowest BCUT2D eigenvalue weighted by Crippen LogP contribution is -2.47. The lowest BCUT2D eigenvalue weighted by molar-refractivity contribution is -0.121. The average Bonchev–Trinajstić information content (AvgIpc) is 2.43. The molecule has 0 unspecified atom stereocenters. The van der Waals surface area contributed by atoms with Gasteiger partial charge in [0.15, 0.2) is 6.61 Å². The monoisotopic (exact) mass is 300 g/mol. The van der Waals surface area contributed by atoms with Crippen LogP contribution >= 0.6 is 12.4 Å². The smallest absolute Gasteiger partial charge is 0.266 e. The number of hydrogen-bond acceptors (Lipinski definition) is 3. The number of piperidine rings is 1. The minimum Gasteiger partial charge on any atom is -0.481 e. The molecule has 20 heavy (non-hydrogen) atoms. The molecule has 0 N–H and O–H groups in total. The van der Waals surface area contributed by atoms with Crippen LogP contribution in [0.2, 0.25) is 0 Å². The molecule has 0 atom stereocenters. The van der Waals surface area contributed by atoms with Crippen LogP contribution in [0, 0.1) is 5.82 Å². The van der Waals surface area contributed by atoms with Crippen LogP contribution in [0.4, 0.5) is 10.1 Å². The number of carbonyl (C=O) groups excluding carboxylic acids is 1. The molecular formula is C14H18ClFN2O2. The van der Waals surface area contributed by atoms with Crippen LogP contribution in [0.5, 0.6) is 5.75 Å². The van der Waals surface area contributed by atoms with Gasteiger partial charge in [0.05, 0.1) is 12.4 Å². The van der Waals surface area contributed by atoms with Crippen LogP contribution in [0.25, 0.3) is 0 Å². The predicted octanol–water partition coefficient (Wildman–Crippen LogP) is 2.42. The Morgan fingerprint density at radius 2 is 1.95 bits per heavy atom. The second-order valence-electron chi connectivity index (χ2n) is 5.04. The molecule has 1 saturated heterocycles. The number of anilines is 1. The summed E-state index contributed by atoms with van der Waals surface area (Å²) < 4.78 is 18.5. The molecule has 6 heteroatoms. The van der Waals surface area contributed by atoms with Crippen LogP contribution < -0.4 is 9.64 Å². The molecular weight excluding hydrogens is 283 g/mol. The van der Waals surface area contributed by atoms with E-state index >= 15 is 0 Å². The fourth-order valence-corrected chi connectivity index (χ4v) is 2.63. The summed E-state index contributed by atoms with van der Waals surface area (Å²) in [6.07, 6.45) is 3.61. The Balaban J connectivity index is 0.00000147. The van der Waals surface area contributed by atoms with E-state index < -0.39 is 0 Å². The number of halogens is 2. The highest BCUT2D eigenvalue weighted by Gasteiger charge is 2.27. The molecule has 0 saturated carbocycles. The second kappa shape index (κ2) is 6.41. The van der Waals surface area contributed by atoms with Gasteiger partial charge in [-0.15, -0.1) is 12.4 Å². The van der Waals surface area contributed by atoms with Crippen molar-refractivity contribution in [3.8, 4) is 5.75 Å². The van der Waals surface area contributed by atoms with Gasteiger partial charge in [-0.3, -0.25) is 14.6 Å². The number of nitrogens with zero attached hydrogens (tertiary/aromatic N) is 2. The molecule has 4 nitrogen and oxygen atoms in total. The van der Waals surface area contributed by atoms with E-state index in [4.69, 9.17) is 4.74 Å². The second-order valence-corrected chi connectivity index (χ2v) is 5.04. The van der Waals surface area contributed by atoms with Crippen molar-refractivity contribution in [2.75, 3.05) is 31.3 Å². The van der Waals surface area contributed by atoms with Gasteiger partial charge >= 0.3 is 0 Å². The third-order valence-electron chi connectivity index (χ3n) is 3.65. The molecule has 110 valence electrons. The first-order valence-corrected chi connectivity index (χ1v) is 6.69. The highest BCUT2D eigenvalue weighted by molar-refractivity contribution is 5.97. The van der Waals surface area contributed by atoms with Gasteiger partial charge < -0.3 is 4.74 Å². The normalized spacial score (nSPS) is 19.1. The van der Waals surface area contributed by atoms with Crippen molar-refractivity contribution in [1.29, 1.82) is 0 Å². The van der Waals surface area contributed by atoms with Gasteiger partial charge in [-0.25, -0.2) is 4.39 Å². The number of carbonyl (C=O) groups is 1. The van der Waals surface area contributed by atoms with Gasteiger partial charge in [0.2, 0.25) is 0 Å². The number of ether oxygens (including phenoxy) is 1. The molecule has 1 fully saturated rings. The Labute approximate surface area is 123 Å². The Morgan fingerprint density at radius 3 is 2.70 bits per heavy atom. The molecule has 1 amide bonds. The molecule has 2 aliphatic heterocycles. The summed E-state index contributed by atoms with van der Waals surface area (Å²) in [5.74, 6) is 0.0484. The fourth-order valence-electron chi connectivity index (χ4n) is 2.63. The zero-order valence-electron chi connectivity index (χ0n) is 11.2. The Kier molecular flexibility index (Phi) is 4.83. The third kappa shape index (κ3) is 3.04. The number of fused-ring (bicyclic) bond motifs is 1. The number of amides is 1. The van der Waals surface area contributed by atoms with E-state index in [-0.39, 0.29) is 30.7 Å². The maximum Gasteiger partial charge on any atom is 0.266 e. The molecule has 3 rings (SSSR count). The summed E-state index contributed by atoms with van der Waals surface area (Å²) in [5, 5.41) is 0. The van der Waals surface area contributed by atoms with Crippen LogP contribution in [0.3, 0.4) is 0 Å². The third-order valence-corrected chi connectivity index (χ3v) is 3.65. The van der Waals surface area contributed by atoms with Crippen molar-refractivity contribution < 1.29 is 13.9 Å². The van der Waals surface area contributed by atoms with E-state index in [0.717, 1.165) is 13.1 Å².